The van der Waals surface area contributed by atoms with Gasteiger partial charge < -0.3 is 4.42 Å². The van der Waals surface area contributed by atoms with Gasteiger partial charge in [0.15, 0.2) is 5.58 Å². The highest BCUT2D eigenvalue weighted by molar-refractivity contribution is 7.25. The minimum Gasteiger partial charge on any atom is -0.452 e. The molecule has 5 heteroatoms. The summed E-state index contributed by atoms with van der Waals surface area (Å²) in [5.74, 6) is 0.624. The normalized spacial score (nSPS) is 12.6. The van der Waals surface area contributed by atoms with Crippen molar-refractivity contribution in [1.82, 2.24) is 9.97 Å². The van der Waals surface area contributed by atoms with Gasteiger partial charge in [-0.3, -0.25) is 4.90 Å². The zero-order valence-corrected chi connectivity index (χ0v) is 23.6. The van der Waals surface area contributed by atoms with E-state index >= 15 is 0 Å². The van der Waals surface area contributed by atoms with Gasteiger partial charge in [-0.1, -0.05) is 84.9 Å². The summed E-state index contributed by atoms with van der Waals surface area (Å²) in [5, 5.41) is 5.86. The largest absolute Gasteiger partial charge is 0.452 e. The van der Waals surface area contributed by atoms with Gasteiger partial charge in [0.25, 0.3) is 0 Å². The lowest BCUT2D eigenvalue weighted by molar-refractivity contribution is 0.667. The average Bonchev–Trinajstić information content (AvgIpc) is 3.63. The lowest BCUT2D eigenvalue weighted by Crippen LogP contribution is -2.17. The summed E-state index contributed by atoms with van der Waals surface area (Å²) < 4.78 is 9.04. The third-order valence-corrected chi connectivity index (χ3v) is 9.77. The summed E-state index contributed by atoms with van der Waals surface area (Å²) in [6.07, 6.45) is 0. The van der Waals surface area contributed by atoms with Crippen molar-refractivity contribution in [3.05, 3.63) is 127 Å². The maximum absolute atomic E-state index is 6.50. The van der Waals surface area contributed by atoms with Crippen molar-refractivity contribution in [3.8, 4) is 22.4 Å². The quantitative estimate of drug-likeness (QED) is 0.208. The number of rotatable bonds is 2. The van der Waals surface area contributed by atoms with Crippen LogP contribution in [0.2, 0.25) is 0 Å². The summed E-state index contributed by atoms with van der Waals surface area (Å²) in [7, 11) is 0. The Bertz CT molecular complexity index is 2590. The van der Waals surface area contributed by atoms with E-state index in [-0.39, 0.29) is 0 Å². The predicted molar refractivity (Wildman–Crippen MR) is 179 cm³/mol. The number of hydrogen-bond acceptors (Lipinski definition) is 5. The first kappa shape index (κ1) is 23.1. The van der Waals surface area contributed by atoms with Crippen molar-refractivity contribution in [2.45, 2.75) is 0 Å². The fourth-order valence-corrected chi connectivity index (χ4v) is 7.81. The van der Waals surface area contributed by atoms with Gasteiger partial charge in [-0.2, -0.15) is 0 Å². The molecule has 0 unspecified atom stereocenters. The standard InChI is InChI=1S/C38H21N3OS/c1-4-15-29-24(11-1)26-14-7-9-22-10-8-16-30(34(22)26)41(29)38-39-35(37-36(40-38)27-13-2-5-17-31(27)42-37)23-19-20-33-28(21-23)25-12-3-6-18-32(25)43-33/h1-21H. The monoisotopic (exact) mass is 567 g/mol. The smallest absolute Gasteiger partial charge is 0.236 e. The molecule has 0 bridgehead atoms. The fourth-order valence-electron chi connectivity index (χ4n) is 6.72. The molecule has 4 heterocycles. The molecule has 200 valence electrons. The first-order valence-corrected chi connectivity index (χ1v) is 15.2. The Morgan fingerprint density at radius 2 is 1.33 bits per heavy atom. The number of anilines is 3. The number of fused-ring (bicyclic) bond motifs is 8. The van der Waals surface area contributed by atoms with E-state index in [0.29, 0.717) is 11.5 Å². The minimum atomic E-state index is 0.624. The van der Waals surface area contributed by atoms with Gasteiger partial charge in [0.2, 0.25) is 5.95 Å². The number of aromatic nitrogens is 2. The molecule has 0 radical (unpaired) electrons. The molecule has 0 fully saturated rings. The number of thiophene rings is 1. The number of nitrogens with zero attached hydrogens (tertiary/aromatic N) is 3. The molecule has 0 aliphatic carbocycles. The Balaban J connectivity index is 1.31. The van der Waals surface area contributed by atoms with Gasteiger partial charge in [0.1, 0.15) is 16.8 Å². The third kappa shape index (κ3) is 3.20. The van der Waals surface area contributed by atoms with Crippen LogP contribution in [0.3, 0.4) is 0 Å². The van der Waals surface area contributed by atoms with Gasteiger partial charge in [-0.15, -0.1) is 11.3 Å². The number of furan rings is 1. The van der Waals surface area contributed by atoms with Crippen molar-refractivity contribution in [2.75, 3.05) is 4.90 Å². The molecule has 3 aromatic heterocycles. The Morgan fingerprint density at radius 3 is 2.28 bits per heavy atom. The second-order valence-electron chi connectivity index (χ2n) is 11.0. The van der Waals surface area contributed by atoms with Gasteiger partial charge in [0.05, 0.1) is 11.4 Å². The topological polar surface area (TPSA) is 42.2 Å². The molecule has 0 saturated heterocycles. The van der Waals surface area contributed by atoms with Crippen LogP contribution in [0.1, 0.15) is 0 Å². The molecule has 1 aliphatic rings. The van der Waals surface area contributed by atoms with Gasteiger partial charge >= 0.3 is 0 Å². The predicted octanol–water partition coefficient (Wildman–Crippen LogP) is 11.0. The van der Waals surface area contributed by atoms with Gasteiger partial charge in [-0.25, -0.2) is 9.97 Å². The van der Waals surface area contributed by atoms with Crippen LogP contribution in [0, 0.1) is 0 Å². The van der Waals surface area contributed by atoms with E-state index in [2.05, 4.69) is 114 Å². The molecule has 1 aliphatic heterocycles. The summed E-state index contributed by atoms with van der Waals surface area (Å²) in [6.45, 7) is 0. The summed E-state index contributed by atoms with van der Waals surface area (Å²) in [5.41, 5.74) is 8.64. The number of benzene rings is 6. The lowest BCUT2D eigenvalue weighted by Gasteiger charge is -2.32. The van der Waals surface area contributed by atoms with Crippen LogP contribution in [-0.4, -0.2) is 9.97 Å². The number of hydrogen-bond donors (Lipinski definition) is 0. The maximum atomic E-state index is 6.50. The highest BCUT2D eigenvalue weighted by Gasteiger charge is 2.29. The van der Waals surface area contributed by atoms with E-state index in [1.54, 1.807) is 0 Å². The van der Waals surface area contributed by atoms with Gasteiger partial charge in [-0.05, 0) is 53.4 Å². The Hall–Kier alpha value is -5.52. The molecule has 0 saturated carbocycles. The molecule has 9 aromatic rings. The van der Waals surface area contributed by atoms with E-state index in [1.165, 1.54) is 42.1 Å². The Kier molecular flexibility index (Phi) is 4.57. The SMILES string of the molecule is c1ccc2c(c1)-c1cccc3cccc(c13)N2c1nc(-c2ccc3sc4ccccc4c3c2)c2oc3ccccc3c2n1. The Morgan fingerprint density at radius 1 is 0.581 bits per heavy atom. The molecule has 0 N–H and O–H groups in total. The molecule has 0 spiro atoms. The van der Waals surface area contributed by atoms with E-state index < -0.39 is 0 Å². The number of para-hydroxylation sites is 2. The zero-order chi connectivity index (χ0) is 28.1. The van der Waals surface area contributed by atoms with Crippen LogP contribution >= 0.6 is 11.3 Å². The van der Waals surface area contributed by atoms with Crippen molar-refractivity contribution in [1.29, 1.82) is 0 Å². The molecule has 0 atom stereocenters. The van der Waals surface area contributed by atoms with Crippen LogP contribution < -0.4 is 4.90 Å². The van der Waals surface area contributed by atoms with E-state index in [4.69, 9.17) is 14.4 Å². The maximum Gasteiger partial charge on any atom is 0.236 e. The van der Waals surface area contributed by atoms with Crippen LogP contribution in [-0.2, 0) is 0 Å². The zero-order valence-electron chi connectivity index (χ0n) is 22.8. The third-order valence-electron chi connectivity index (χ3n) is 8.62. The highest BCUT2D eigenvalue weighted by atomic mass is 32.1. The average molecular weight is 568 g/mol. The second-order valence-corrected chi connectivity index (χ2v) is 12.1. The van der Waals surface area contributed by atoms with Crippen molar-refractivity contribution in [3.63, 3.8) is 0 Å². The molecular weight excluding hydrogens is 547 g/mol. The highest BCUT2D eigenvalue weighted by Crippen LogP contribution is 2.50. The van der Waals surface area contributed by atoms with Crippen LogP contribution in [0.15, 0.2) is 132 Å². The van der Waals surface area contributed by atoms with Crippen LogP contribution in [0.4, 0.5) is 17.3 Å². The lowest BCUT2D eigenvalue weighted by atomic mass is 9.91. The molecular formula is C38H21N3OS. The minimum absolute atomic E-state index is 0.624. The second kappa shape index (κ2) is 8.51. The molecule has 10 rings (SSSR count). The van der Waals surface area contributed by atoms with E-state index in [1.807, 2.05) is 29.5 Å². The van der Waals surface area contributed by atoms with Crippen LogP contribution in [0.25, 0.3) is 75.4 Å². The van der Waals surface area contributed by atoms with Crippen LogP contribution in [0.5, 0.6) is 0 Å². The first-order valence-electron chi connectivity index (χ1n) is 14.3. The molecule has 6 aromatic carbocycles. The summed E-state index contributed by atoms with van der Waals surface area (Å²) in [4.78, 5) is 12.8. The van der Waals surface area contributed by atoms with Crippen molar-refractivity contribution < 1.29 is 4.42 Å². The molecule has 0 amide bonds. The summed E-state index contributed by atoms with van der Waals surface area (Å²) >= 11 is 1.82. The molecule has 4 nitrogen and oxygen atoms in total. The first-order chi connectivity index (χ1) is 21.3. The van der Waals surface area contributed by atoms with E-state index in [9.17, 15) is 0 Å². The summed E-state index contributed by atoms with van der Waals surface area (Å²) in [6, 6.07) is 44.9. The van der Waals surface area contributed by atoms with Crippen molar-refractivity contribution >= 4 is 81.7 Å². The molecule has 43 heavy (non-hydrogen) atoms. The van der Waals surface area contributed by atoms with E-state index in [0.717, 1.165) is 39.1 Å². The Labute approximate surface area is 250 Å². The van der Waals surface area contributed by atoms with Gasteiger partial charge in [0, 0.05) is 42.1 Å². The fraction of sp³-hybridized carbons (Fsp3) is 0. The van der Waals surface area contributed by atoms with Crippen molar-refractivity contribution in [2.24, 2.45) is 0 Å².